The molecule has 0 atom stereocenters. The average Bonchev–Trinajstić information content (AvgIpc) is 2.60. The summed E-state index contributed by atoms with van der Waals surface area (Å²) in [7, 11) is 0. The maximum absolute atomic E-state index is 5.96. The van der Waals surface area contributed by atoms with Crippen molar-refractivity contribution in [3.05, 3.63) is 59.0 Å². The van der Waals surface area contributed by atoms with E-state index >= 15 is 0 Å². The number of ether oxygens (including phenoxy) is 1. The van der Waals surface area contributed by atoms with E-state index in [1.54, 1.807) is 12.4 Å². The van der Waals surface area contributed by atoms with Gasteiger partial charge in [-0.3, -0.25) is 4.90 Å². The van der Waals surface area contributed by atoms with Gasteiger partial charge >= 0.3 is 0 Å². The maximum atomic E-state index is 5.96. The Morgan fingerprint density at radius 1 is 0.889 bits per heavy atom. The lowest BCUT2D eigenvalue weighted by atomic mass is 9.84. The van der Waals surface area contributed by atoms with E-state index in [9.17, 15) is 0 Å². The summed E-state index contributed by atoms with van der Waals surface area (Å²) < 4.78 is 5.96. The molecule has 0 fully saturated rings. The van der Waals surface area contributed by atoms with Crippen LogP contribution in [-0.2, 0) is 5.41 Å². The fourth-order valence-electron chi connectivity index (χ4n) is 3.47. The Morgan fingerprint density at radius 3 is 2.22 bits per heavy atom. The van der Waals surface area contributed by atoms with Gasteiger partial charge in [0, 0.05) is 18.1 Å². The van der Waals surface area contributed by atoms with Gasteiger partial charge < -0.3 is 4.74 Å². The molecular formula is C22H24N4O. The van der Waals surface area contributed by atoms with Crippen LogP contribution >= 0.6 is 0 Å². The highest BCUT2D eigenvalue weighted by Gasteiger charge is 2.31. The third-order valence-electron chi connectivity index (χ3n) is 4.84. The van der Waals surface area contributed by atoms with Gasteiger partial charge in [0.25, 0.3) is 5.88 Å². The predicted molar refractivity (Wildman–Crippen MR) is 107 cm³/mol. The third-order valence-corrected chi connectivity index (χ3v) is 4.84. The quantitative estimate of drug-likeness (QED) is 0.438. The zero-order chi connectivity index (χ0) is 19.3. The Bertz CT molecular complexity index is 1010. The summed E-state index contributed by atoms with van der Waals surface area (Å²) >= 11 is 0. The lowest BCUT2D eigenvalue weighted by Crippen LogP contribution is -2.22. The fraction of sp³-hybridized carbons (Fsp3) is 0.318. The van der Waals surface area contributed by atoms with Gasteiger partial charge in [-0.1, -0.05) is 32.9 Å². The van der Waals surface area contributed by atoms with E-state index in [-0.39, 0.29) is 5.41 Å². The first-order valence-corrected chi connectivity index (χ1v) is 9.14. The van der Waals surface area contributed by atoms with E-state index in [2.05, 4.69) is 61.6 Å². The van der Waals surface area contributed by atoms with Crippen molar-refractivity contribution in [2.24, 2.45) is 0 Å². The standard InChI is InChI=1S/C22H24N4O/c1-13-11-16(22(4,5)6)12-14(2)18(13)26-19-17(8-7-15(3)25-19)27-21-20(26)23-9-10-24-21/h7-12H,1-6H3. The summed E-state index contributed by atoms with van der Waals surface area (Å²) in [5, 5.41) is 0. The first-order chi connectivity index (χ1) is 12.8. The number of anilines is 3. The highest BCUT2D eigenvalue weighted by atomic mass is 16.5. The number of fused-ring (bicyclic) bond motifs is 2. The molecule has 0 radical (unpaired) electrons. The minimum Gasteiger partial charge on any atom is -0.432 e. The van der Waals surface area contributed by atoms with Crippen LogP contribution in [0.15, 0.2) is 36.7 Å². The Labute approximate surface area is 160 Å². The van der Waals surface area contributed by atoms with Gasteiger partial charge in [0.15, 0.2) is 11.6 Å². The highest BCUT2D eigenvalue weighted by Crippen LogP contribution is 2.49. The molecule has 3 aromatic rings. The topological polar surface area (TPSA) is 51.1 Å². The average molecular weight is 360 g/mol. The molecule has 0 spiro atoms. The van der Waals surface area contributed by atoms with Crippen LogP contribution in [0, 0.1) is 20.8 Å². The van der Waals surface area contributed by atoms with Gasteiger partial charge in [0.05, 0.1) is 5.69 Å². The number of hydrogen-bond donors (Lipinski definition) is 0. The molecule has 0 aliphatic carbocycles. The summed E-state index contributed by atoms with van der Waals surface area (Å²) in [5.74, 6) is 2.59. The monoisotopic (exact) mass is 360 g/mol. The molecule has 138 valence electrons. The van der Waals surface area contributed by atoms with Crippen molar-refractivity contribution in [3.63, 3.8) is 0 Å². The minimum absolute atomic E-state index is 0.0868. The summed E-state index contributed by atoms with van der Waals surface area (Å²) in [6.07, 6.45) is 3.33. The molecule has 5 nitrogen and oxygen atoms in total. The Kier molecular flexibility index (Phi) is 3.91. The van der Waals surface area contributed by atoms with Crippen molar-refractivity contribution in [2.45, 2.75) is 47.0 Å². The molecule has 0 bridgehead atoms. The van der Waals surface area contributed by atoms with Crippen LogP contribution in [0.25, 0.3) is 0 Å². The zero-order valence-electron chi connectivity index (χ0n) is 16.7. The van der Waals surface area contributed by atoms with Crippen LogP contribution in [0.5, 0.6) is 11.6 Å². The molecular weight excluding hydrogens is 336 g/mol. The zero-order valence-corrected chi connectivity index (χ0v) is 16.7. The van der Waals surface area contributed by atoms with Gasteiger partial charge in [-0.25, -0.2) is 15.0 Å². The third kappa shape index (κ3) is 2.93. The van der Waals surface area contributed by atoms with Crippen LogP contribution in [-0.4, -0.2) is 15.0 Å². The summed E-state index contributed by atoms with van der Waals surface area (Å²) in [4.78, 5) is 15.8. The number of aromatic nitrogens is 3. The molecule has 0 saturated heterocycles. The van der Waals surface area contributed by atoms with E-state index in [4.69, 9.17) is 9.72 Å². The van der Waals surface area contributed by atoms with Crippen molar-refractivity contribution in [1.29, 1.82) is 0 Å². The normalized spacial score (nSPS) is 13.0. The number of pyridine rings is 1. The molecule has 5 heteroatoms. The van der Waals surface area contributed by atoms with Crippen LogP contribution < -0.4 is 9.64 Å². The molecule has 2 aromatic heterocycles. The van der Waals surface area contributed by atoms with Crippen molar-refractivity contribution in [1.82, 2.24) is 15.0 Å². The molecule has 1 aromatic carbocycles. The molecule has 4 rings (SSSR count). The second-order valence-corrected chi connectivity index (χ2v) is 8.11. The second kappa shape index (κ2) is 6.05. The Hall–Kier alpha value is -2.95. The molecule has 0 saturated carbocycles. The van der Waals surface area contributed by atoms with E-state index in [0.29, 0.717) is 17.4 Å². The largest absolute Gasteiger partial charge is 0.432 e. The lowest BCUT2D eigenvalue weighted by molar-refractivity contribution is 0.451. The minimum atomic E-state index is 0.0868. The first kappa shape index (κ1) is 17.5. The van der Waals surface area contributed by atoms with Gasteiger partial charge in [-0.2, -0.15) is 0 Å². The van der Waals surface area contributed by atoms with Crippen LogP contribution in [0.3, 0.4) is 0 Å². The van der Waals surface area contributed by atoms with Crippen molar-refractivity contribution in [3.8, 4) is 11.6 Å². The van der Waals surface area contributed by atoms with Crippen molar-refractivity contribution < 1.29 is 4.74 Å². The molecule has 1 aliphatic rings. The van der Waals surface area contributed by atoms with E-state index < -0.39 is 0 Å². The fourth-order valence-corrected chi connectivity index (χ4v) is 3.47. The molecule has 0 unspecified atom stereocenters. The van der Waals surface area contributed by atoms with Crippen molar-refractivity contribution >= 4 is 17.3 Å². The molecule has 0 amide bonds. The highest BCUT2D eigenvalue weighted by molar-refractivity contribution is 5.84. The maximum Gasteiger partial charge on any atom is 0.264 e. The smallest absolute Gasteiger partial charge is 0.264 e. The van der Waals surface area contributed by atoms with Crippen LogP contribution in [0.2, 0.25) is 0 Å². The molecule has 27 heavy (non-hydrogen) atoms. The molecule has 3 heterocycles. The Balaban J connectivity index is 1.99. The second-order valence-electron chi connectivity index (χ2n) is 8.11. The number of hydrogen-bond acceptors (Lipinski definition) is 5. The summed E-state index contributed by atoms with van der Waals surface area (Å²) in [6, 6.07) is 8.39. The van der Waals surface area contributed by atoms with Crippen LogP contribution in [0.1, 0.15) is 43.2 Å². The molecule has 1 aliphatic heterocycles. The predicted octanol–water partition coefficient (Wildman–Crippen LogP) is 5.67. The van der Waals surface area contributed by atoms with Gasteiger partial charge in [0.1, 0.15) is 0 Å². The molecule has 0 N–H and O–H groups in total. The number of aryl methyl sites for hydroxylation is 3. The van der Waals surface area contributed by atoms with E-state index in [1.165, 1.54) is 16.7 Å². The Morgan fingerprint density at radius 2 is 1.56 bits per heavy atom. The van der Waals surface area contributed by atoms with Crippen LogP contribution in [0.4, 0.5) is 17.3 Å². The SMILES string of the molecule is Cc1ccc2c(n1)N(c1c(C)cc(C(C)(C)C)cc1C)c1nccnc1O2. The number of rotatable bonds is 1. The van der Waals surface area contributed by atoms with Gasteiger partial charge in [-0.05, 0) is 55.0 Å². The summed E-state index contributed by atoms with van der Waals surface area (Å²) in [5.41, 5.74) is 5.75. The van der Waals surface area contributed by atoms with Gasteiger partial charge in [-0.15, -0.1) is 0 Å². The first-order valence-electron chi connectivity index (χ1n) is 9.14. The number of nitrogens with zero attached hydrogens (tertiary/aromatic N) is 4. The van der Waals surface area contributed by atoms with Gasteiger partial charge in [0.2, 0.25) is 5.82 Å². The van der Waals surface area contributed by atoms with Crippen molar-refractivity contribution in [2.75, 3.05) is 4.90 Å². The van der Waals surface area contributed by atoms with E-state index in [1.807, 2.05) is 19.1 Å². The number of benzene rings is 1. The lowest BCUT2D eigenvalue weighted by Gasteiger charge is -2.33. The van der Waals surface area contributed by atoms with E-state index in [0.717, 1.165) is 17.2 Å². The summed E-state index contributed by atoms with van der Waals surface area (Å²) in [6.45, 7) is 13.0.